The Morgan fingerprint density at radius 2 is 0.615 bits per heavy atom. The van der Waals surface area contributed by atoms with E-state index < -0.39 is 14.8 Å². The van der Waals surface area contributed by atoms with Crippen LogP contribution >= 0.6 is 22.2 Å². The zero-order chi connectivity index (χ0) is 9.00. The summed E-state index contributed by atoms with van der Waals surface area (Å²) in [5.41, 5.74) is 0. The van der Waals surface area contributed by atoms with Gasteiger partial charge in [-0.3, -0.25) is 0 Å². The molecule has 0 rings (SSSR count). The van der Waals surface area contributed by atoms with Crippen LogP contribution < -0.4 is 59.1 Å². The monoisotopic (exact) mass is 294 g/mol. The second-order valence-corrected chi connectivity index (χ2v) is 19.2. The zero-order valence-corrected chi connectivity index (χ0v) is 18.5. The molecule has 0 atom stereocenters. The third-order valence-electron chi connectivity index (χ3n) is 0. The van der Waals surface area contributed by atoms with Gasteiger partial charge in [0.05, 0.1) is 0 Å². The Balaban J connectivity index is -0.0000000267. The smallest absolute Gasteiger partial charge is 1.00 e. The van der Waals surface area contributed by atoms with Crippen molar-refractivity contribution in [2.75, 3.05) is 0 Å². The fraction of sp³-hybridized carbons (Fsp3) is 1.00. The van der Waals surface area contributed by atoms with E-state index in [0.717, 1.165) is 0 Å². The topological polar surface area (TPSA) is 0 Å². The van der Waals surface area contributed by atoms with Gasteiger partial charge in [-0.2, -0.15) is 22.2 Å². The molecule has 0 unspecified atom stereocenters. The van der Waals surface area contributed by atoms with Gasteiger partial charge in [-0.15, -0.1) is 0 Å². The summed E-state index contributed by atoms with van der Waals surface area (Å²) in [5.74, 6) is 0. The first kappa shape index (κ1) is 29.9. The van der Waals surface area contributed by atoms with Gasteiger partial charge in [-0.05, 0) is 0 Å². The maximum atomic E-state index is 5.67. The van der Waals surface area contributed by atoms with Crippen molar-refractivity contribution >= 4 is 50.4 Å². The Bertz CT molecular complexity index is 69.6. The average molecular weight is 295 g/mol. The summed E-state index contributed by atoms with van der Waals surface area (Å²) >= 11 is 11.3. The molecule has 0 saturated carbocycles. The summed E-state index contributed by atoms with van der Waals surface area (Å²) in [4.78, 5) is 0. The van der Waals surface area contributed by atoms with Crippen molar-refractivity contribution in [3.8, 4) is 0 Å². The van der Waals surface area contributed by atoms with E-state index in [9.17, 15) is 0 Å². The Kier molecular flexibility index (Phi) is 30.9. The van der Waals surface area contributed by atoms with Crippen LogP contribution in [-0.4, -0.2) is 14.8 Å². The van der Waals surface area contributed by atoms with Crippen LogP contribution in [0.2, 0.25) is 39.3 Å². The predicted molar refractivity (Wildman–Crippen MR) is 65.8 cm³/mol. The molecule has 0 radical (unpaired) electrons. The second kappa shape index (κ2) is 13.4. The SMILES string of the molecule is C[Si](C)(C)Cl.C[Si](C)(C)Cl.[Na+].[Na+].[S-2]. The van der Waals surface area contributed by atoms with E-state index in [0.29, 0.717) is 0 Å². The molecule has 0 fully saturated rings. The Hall–Kier alpha value is 3.36. The van der Waals surface area contributed by atoms with Crippen molar-refractivity contribution in [3.05, 3.63) is 0 Å². The number of hydrogen-bond donors (Lipinski definition) is 0. The van der Waals surface area contributed by atoms with Crippen molar-refractivity contribution in [2.45, 2.75) is 39.3 Å². The molecule has 13 heavy (non-hydrogen) atoms. The number of halogens is 2. The molecule has 7 heteroatoms. The number of rotatable bonds is 0. The molecule has 0 N–H and O–H groups in total. The molecular formula is C6H18Cl2Na2SSi2. The summed E-state index contributed by atoms with van der Waals surface area (Å²) < 4.78 is 0. The molecule has 0 spiro atoms. The molecule has 0 aromatic carbocycles. The molecule has 0 heterocycles. The molecule has 0 aromatic rings. The van der Waals surface area contributed by atoms with E-state index in [-0.39, 0.29) is 72.6 Å². The normalized spacial score (nSPS) is 9.23. The van der Waals surface area contributed by atoms with Gasteiger partial charge in [0.15, 0.2) is 0 Å². The average Bonchev–Trinajstić information content (AvgIpc) is 1.12. The van der Waals surface area contributed by atoms with Gasteiger partial charge in [0, 0.05) is 0 Å². The Morgan fingerprint density at radius 1 is 0.615 bits per heavy atom. The largest absolute Gasteiger partial charge is 2.00 e. The van der Waals surface area contributed by atoms with E-state index in [4.69, 9.17) is 22.2 Å². The van der Waals surface area contributed by atoms with Gasteiger partial charge < -0.3 is 13.5 Å². The third-order valence-corrected chi connectivity index (χ3v) is 0. The van der Waals surface area contributed by atoms with Crippen LogP contribution in [0.5, 0.6) is 0 Å². The van der Waals surface area contributed by atoms with Crippen molar-refractivity contribution in [3.63, 3.8) is 0 Å². The van der Waals surface area contributed by atoms with E-state index in [2.05, 4.69) is 39.3 Å². The van der Waals surface area contributed by atoms with E-state index in [1.807, 2.05) is 0 Å². The van der Waals surface area contributed by atoms with E-state index in [1.165, 1.54) is 0 Å². The molecule has 0 aliphatic rings. The van der Waals surface area contributed by atoms with Crippen molar-refractivity contribution in [2.24, 2.45) is 0 Å². The van der Waals surface area contributed by atoms with Crippen LogP contribution in [-0.2, 0) is 13.5 Å². The summed E-state index contributed by atoms with van der Waals surface area (Å²) in [5, 5.41) is 0. The molecule has 0 aliphatic carbocycles. The summed E-state index contributed by atoms with van der Waals surface area (Å²) in [6.45, 7) is 12.6. The summed E-state index contributed by atoms with van der Waals surface area (Å²) in [7, 11) is -2.28. The first-order chi connectivity index (χ1) is 4.00. The van der Waals surface area contributed by atoms with Gasteiger partial charge in [0.25, 0.3) is 0 Å². The molecule has 72 valence electrons. The van der Waals surface area contributed by atoms with Crippen LogP contribution in [0.25, 0.3) is 0 Å². The van der Waals surface area contributed by atoms with Crippen LogP contribution in [0.3, 0.4) is 0 Å². The first-order valence-corrected chi connectivity index (χ1v) is 12.4. The van der Waals surface area contributed by atoms with Gasteiger partial charge in [-0.25, -0.2) is 0 Å². The summed E-state index contributed by atoms with van der Waals surface area (Å²) in [6, 6.07) is 0. The fourth-order valence-electron chi connectivity index (χ4n) is 0. The Morgan fingerprint density at radius 3 is 0.615 bits per heavy atom. The maximum absolute atomic E-state index is 5.67. The van der Waals surface area contributed by atoms with Crippen LogP contribution in [0.15, 0.2) is 0 Å². The predicted octanol–water partition coefficient (Wildman–Crippen LogP) is -1.87. The van der Waals surface area contributed by atoms with Gasteiger partial charge in [0.1, 0.15) is 14.8 Å². The molecule has 0 bridgehead atoms. The minimum Gasteiger partial charge on any atom is -2.00 e. The minimum absolute atomic E-state index is 0. The van der Waals surface area contributed by atoms with Gasteiger partial charge in [0.2, 0.25) is 0 Å². The summed E-state index contributed by atoms with van der Waals surface area (Å²) in [6.07, 6.45) is 0. The Labute approximate surface area is 146 Å². The molecule has 0 nitrogen and oxygen atoms in total. The second-order valence-electron chi connectivity index (χ2n) is 4.13. The number of hydrogen-bond acceptors (Lipinski definition) is 0. The van der Waals surface area contributed by atoms with Crippen LogP contribution in [0.1, 0.15) is 0 Å². The molecular weight excluding hydrogens is 277 g/mol. The van der Waals surface area contributed by atoms with Crippen LogP contribution in [0.4, 0.5) is 0 Å². The molecule has 0 aliphatic heterocycles. The zero-order valence-electron chi connectivity index (χ0n) is 10.2. The van der Waals surface area contributed by atoms with E-state index >= 15 is 0 Å². The van der Waals surface area contributed by atoms with Gasteiger partial charge in [-0.1, -0.05) is 39.3 Å². The van der Waals surface area contributed by atoms with Crippen molar-refractivity contribution in [1.82, 2.24) is 0 Å². The standard InChI is InChI=1S/2C3H9ClSi.2Na.S/c2*1-5(2,3)4;;;/h2*1-3H3;;;/q;;2*+1;-2. The van der Waals surface area contributed by atoms with Crippen molar-refractivity contribution < 1.29 is 59.1 Å². The van der Waals surface area contributed by atoms with Crippen molar-refractivity contribution in [1.29, 1.82) is 0 Å². The molecule has 0 saturated heterocycles. The van der Waals surface area contributed by atoms with Gasteiger partial charge >= 0.3 is 59.1 Å². The van der Waals surface area contributed by atoms with Crippen LogP contribution in [0, 0.1) is 0 Å². The third kappa shape index (κ3) is 242. The molecule has 0 aromatic heterocycles. The molecule has 0 amide bonds. The maximum Gasteiger partial charge on any atom is 1.00 e. The fourth-order valence-corrected chi connectivity index (χ4v) is 0. The first-order valence-electron chi connectivity index (χ1n) is 3.38. The van der Waals surface area contributed by atoms with E-state index in [1.54, 1.807) is 0 Å². The quantitative estimate of drug-likeness (QED) is 0.363. The minimum atomic E-state index is -1.14.